The molecule has 0 aliphatic heterocycles. The van der Waals surface area contributed by atoms with Gasteiger partial charge in [0.05, 0.1) is 5.75 Å². The molecule has 0 aliphatic rings. The Labute approximate surface area is 118 Å². The van der Waals surface area contributed by atoms with Crippen molar-refractivity contribution in [2.75, 3.05) is 18.6 Å². The van der Waals surface area contributed by atoms with E-state index in [0.29, 0.717) is 12.8 Å². The second-order valence-corrected chi connectivity index (χ2v) is 7.10. The van der Waals surface area contributed by atoms with E-state index in [4.69, 9.17) is 0 Å². The third kappa shape index (κ3) is 4.09. The molecule has 0 atom stereocenters. The molecule has 5 nitrogen and oxygen atoms in total. The maximum Gasteiger partial charge on any atom is 0.220 e. The first kappa shape index (κ1) is 14.6. The summed E-state index contributed by atoms with van der Waals surface area (Å²) in [6.45, 7) is 0.172. The molecule has 0 spiro atoms. The zero-order valence-corrected chi connectivity index (χ0v) is 12.2. The van der Waals surface area contributed by atoms with E-state index in [1.54, 1.807) is 0 Å². The van der Waals surface area contributed by atoms with Crippen LogP contribution in [-0.2, 0) is 21.1 Å². The van der Waals surface area contributed by atoms with Crippen LogP contribution in [0, 0.1) is 0 Å². The summed E-state index contributed by atoms with van der Waals surface area (Å²) in [4.78, 5) is 14.8. The molecular weight excluding hydrogens is 276 g/mol. The van der Waals surface area contributed by atoms with Gasteiger partial charge < -0.3 is 10.3 Å². The third-order valence-corrected chi connectivity index (χ3v) is 4.04. The van der Waals surface area contributed by atoms with Gasteiger partial charge in [0.25, 0.3) is 0 Å². The van der Waals surface area contributed by atoms with Crippen LogP contribution in [0.15, 0.2) is 30.5 Å². The lowest BCUT2D eigenvalue weighted by atomic mass is 10.1. The molecular formula is C14H18N2O3S. The number of sulfone groups is 1. The SMILES string of the molecule is CS(=O)(=O)CCNC(=O)CCc1c[nH]c2ccccc12. The molecule has 20 heavy (non-hydrogen) atoms. The lowest BCUT2D eigenvalue weighted by molar-refractivity contribution is -0.120. The van der Waals surface area contributed by atoms with Crippen molar-refractivity contribution in [1.29, 1.82) is 0 Å². The first-order valence-electron chi connectivity index (χ1n) is 6.45. The molecule has 0 unspecified atom stereocenters. The molecule has 2 N–H and O–H groups in total. The molecule has 2 aromatic rings. The van der Waals surface area contributed by atoms with Crippen molar-refractivity contribution in [2.45, 2.75) is 12.8 Å². The molecule has 0 radical (unpaired) electrons. The summed E-state index contributed by atoms with van der Waals surface area (Å²) in [7, 11) is -3.03. The molecule has 108 valence electrons. The number of para-hydroxylation sites is 1. The Bertz CT molecular complexity index is 704. The van der Waals surface area contributed by atoms with E-state index in [1.807, 2.05) is 30.5 Å². The summed E-state index contributed by atoms with van der Waals surface area (Å²) in [6.07, 6.45) is 4.06. The van der Waals surface area contributed by atoms with Crippen LogP contribution in [0.25, 0.3) is 10.9 Å². The molecule has 0 aliphatic carbocycles. The monoisotopic (exact) mass is 294 g/mol. The van der Waals surface area contributed by atoms with Gasteiger partial charge >= 0.3 is 0 Å². The van der Waals surface area contributed by atoms with Crippen molar-refractivity contribution in [3.05, 3.63) is 36.0 Å². The molecule has 1 heterocycles. The fourth-order valence-electron chi connectivity index (χ4n) is 2.05. The molecule has 0 bridgehead atoms. The molecule has 0 saturated heterocycles. The minimum atomic E-state index is -3.03. The van der Waals surface area contributed by atoms with E-state index in [-0.39, 0.29) is 18.2 Å². The van der Waals surface area contributed by atoms with Crippen LogP contribution in [0.5, 0.6) is 0 Å². The number of carbonyl (C=O) groups is 1. The van der Waals surface area contributed by atoms with E-state index in [9.17, 15) is 13.2 Å². The molecule has 6 heteroatoms. The molecule has 2 rings (SSSR count). The lowest BCUT2D eigenvalue weighted by Gasteiger charge is -2.04. The number of H-pyrrole nitrogens is 1. The van der Waals surface area contributed by atoms with E-state index in [1.165, 1.54) is 0 Å². The number of benzene rings is 1. The smallest absolute Gasteiger partial charge is 0.220 e. The minimum Gasteiger partial charge on any atom is -0.361 e. The minimum absolute atomic E-state index is 0.0220. The Balaban J connectivity index is 1.84. The van der Waals surface area contributed by atoms with Gasteiger partial charge in [-0.1, -0.05) is 18.2 Å². The number of aryl methyl sites for hydroxylation is 1. The first-order valence-corrected chi connectivity index (χ1v) is 8.51. The highest BCUT2D eigenvalue weighted by Gasteiger charge is 2.07. The number of rotatable bonds is 6. The molecule has 1 aromatic heterocycles. The number of hydrogen-bond acceptors (Lipinski definition) is 3. The van der Waals surface area contributed by atoms with Gasteiger partial charge in [-0.25, -0.2) is 8.42 Å². The summed E-state index contributed by atoms with van der Waals surface area (Å²) in [5, 5.41) is 3.74. The normalized spacial score (nSPS) is 11.7. The van der Waals surface area contributed by atoms with Crippen LogP contribution in [0.2, 0.25) is 0 Å². The van der Waals surface area contributed by atoms with Crippen molar-refractivity contribution in [1.82, 2.24) is 10.3 Å². The Hall–Kier alpha value is -1.82. The highest BCUT2D eigenvalue weighted by Crippen LogP contribution is 2.18. The fraction of sp³-hybridized carbons (Fsp3) is 0.357. The number of carbonyl (C=O) groups excluding carboxylic acids is 1. The van der Waals surface area contributed by atoms with Crippen molar-refractivity contribution < 1.29 is 13.2 Å². The fourth-order valence-corrected chi connectivity index (χ4v) is 2.52. The molecule has 0 fully saturated rings. The molecule has 0 saturated carbocycles. The number of fused-ring (bicyclic) bond motifs is 1. The highest BCUT2D eigenvalue weighted by atomic mass is 32.2. The van der Waals surface area contributed by atoms with Crippen LogP contribution < -0.4 is 5.32 Å². The Morgan fingerprint density at radius 2 is 2.05 bits per heavy atom. The van der Waals surface area contributed by atoms with Gasteiger partial charge in [0.15, 0.2) is 0 Å². The standard InChI is InChI=1S/C14H18N2O3S/c1-20(18,19)9-8-15-14(17)7-6-11-10-16-13-5-3-2-4-12(11)13/h2-5,10,16H,6-9H2,1H3,(H,15,17). The van der Waals surface area contributed by atoms with E-state index < -0.39 is 9.84 Å². The van der Waals surface area contributed by atoms with Crippen LogP contribution in [0.4, 0.5) is 0 Å². The van der Waals surface area contributed by atoms with Gasteiger partial charge in [0, 0.05) is 36.3 Å². The summed E-state index contributed by atoms with van der Waals surface area (Å²) < 4.78 is 21.9. The van der Waals surface area contributed by atoms with Gasteiger partial charge in [-0.2, -0.15) is 0 Å². The van der Waals surface area contributed by atoms with Crippen LogP contribution in [-0.4, -0.2) is 37.9 Å². The van der Waals surface area contributed by atoms with Crippen LogP contribution in [0.3, 0.4) is 0 Å². The highest BCUT2D eigenvalue weighted by molar-refractivity contribution is 7.90. The predicted molar refractivity (Wildman–Crippen MR) is 79.3 cm³/mol. The van der Waals surface area contributed by atoms with Crippen LogP contribution in [0.1, 0.15) is 12.0 Å². The Morgan fingerprint density at radius 1 is 1.30 bits per heavy atom. The average Bonchev–Trinajstić information content (AvgIpc) is 2.78. The summed E-state index contributed by atoms with van der Waals surface area (Å²) >= 11 is 0. The van der Waals surface area contributed by atoms with Crippen LogP contribution >= 0.6 is 0 Å². The summed E-state index contributed by atoms with van der Waals surface area (Å²) in [6, 6.07) is 7.93. The Kier molecular flexibility index (Phi) is 4.44. The van der Waals surface area contributed by atoms with Crippen molar-refractivity contribution in [2.24, 2.45) is 0 Å². The van der Waals surface area contributed by atoms with Gasteiger partial charge in [0.1, 0.15) is 9.84 Å². The summed E-state index contributed by atoms with van der Waals surface area (Å²) in [5.74, 6) is -0.148. The van der Waals surface area contributed by atoms with Gasteiger partial charge in [-0.05, 0) is 18.1 Å². The van der Waals surface area contributed by atoms with Gasteiger partial charge in [-0.15, -0.1) is 0 Å². The number of aromatic nitrogens is 1. The van der Waals surface area contributed by atoms with Crippen molar-refractivity contribution >= 4 is 26.6 Å². The Morgan fingerprint density at radius 3 is 2.80 bits per heavy atom. The largest absolute Gasteiger partial charge is 0.361 e. The van der Waals surface area contributed by atoms with Gasteiger partial charge in [-0.3, -0.25) is 4.79 Å². The number of hydrogen-bond donors (Lipinski definition) is 2. The zero-order chi connectivity index (χ0) is 14.6. The average molecular weight is 294 g/mol. The number of aromatic amines is 1. The maximum atomic E-state index is 11.6. The topological polar surface area (TPSA) is 79.0 Å². The van der Waals surface area contributed by atoms with E-state index in [0.717, 1.165) is 22.7 Å². The van der Waals surface area contributed by atoms with Crippen molar-refractivity contribution in [3.8, 4) is 0 Å². The maximum absolute atomic E-state index is 11.6. The number of nitrogens with one attached hydrogen (secondary N) is 2. The summed E-state index contributed by atoms with van der Waals surface area (Å²) in [5.41, 5.74) is 2.15. The van der Waals surface area contributed by atoms with E-state index >= 15 is 0 Å². The number of amides is 1. The van der Waals surface area contributed by atoms with Gasteiger partial charge in [0.2, 0.25) is 5.91 Å². The quantitative estimate of drug-likeness (QED) is 0.842. The van der Waals surface area contributed by atoms with Crippen molar-refractivity contribution in [3.63, 3.8) is 0 Å². The third-order valence-electron chi connectivity index (χ3n) is 3.09. The second-order valence-electron chi connectivity index (χ2n) is 4.84. The lowest BCUT2D eigenvalue weighted by Crippen LogP contribution is -2.28. The van der Waals surface area contributed by atoms with E-state index in [2.05, 4.69) is 10.3 Å². The first-order chi connectivity index (χ1) is 9.46. The predicted octanol–water partition coefficient (Wildman–Crippen LogP) is 1.26. The molecule has 1 amide bonds. The molecule has 1 aromatic carbocycles. The zero-order valence-electron chi connectivity index (χ0n) is 11.3. The second kappa shape index (κ2) is 6.09.